The van der Waals surface area contributed by atoms with Gasteiger partial charge >= 0.3 is 12.0 Å². The Balaban J connectivity index is 1.87. The molecule has 0 radical (unpaired) electrons. The average molecular weight is 286 g/mol. The van der Waals surface area contributed by atoms with Crippen molar-refractivity contribution in [3.63, 3.8) is 0 Å². The van der Waals surface area contributed by atoms with Crippen molar-refractivity contribution in [1.29, 1.82) is 0 Å². The van der Waals surface area contributed by atoms with Gasteiger partial charge < -0.3 is 15.3 Å². The Kier molecular flexibility index (Phi) is 4.60. The summed E-state index contributed by atoms with van der Waals surface area (Å²) >= 11 is 1.76. The monoisotopic (exact) mass is 286 g/mol. The number of nitrogens with zero attached hydrogens (tertiary/aromatic N) is 1. The Hall–Kier alpha value is -0.910. The van der Waals surface area contributed by atoms with E-state index in [1.165, 1.54) is 0 Å². The van der Waals surface area contributed by atoms with Crippen LogP contribution in [-0.4, -0.2) is 53.6 Å². The zero-order chi connectivity index (χ0) is 13.9. The maximum absolute atomic E-state index is 12.0. The largest absolute Gasteiger partial charge is 0.481 e. The SMILES string of the molecule is CSCCCNC(=O)N1C[C@@H]2CCC[C@@]2(C(=O)O)C1. The molecular formula is C13H22N2O3S. The van der Waals surface area contributed by atoms with Crippen LogP contribution < -0.4 is 5.32 Å². The van der Waals surface area contributed by atoms with Crippen molar-refractivity contribution in [2.45, 2.75) is 25.7 Å². The van der Waals surface area contributed by atoms with Crippen LogP contribution in [-0.2, 0) is 4.79 Å². The lowest BCUT2D eigenvalue weighted by atomic mass is 9.81. The maximum atomic E-state index is 12.0. The molecule has 2 N–H and O–H groups in total. The number of carboxylic acid groups (broad SMARTS) is 1. The van der Waals surface area contributed by atoms with Gasteiger partial charge in [0.1, 0.15) is 0 Å². The number of nitrogens with one attached hydrogen (secondary N) is 1. The van der Waals surface area contributed by atoms with Crippen molar-refractivity contribution in [2.75, 3.05) is 31.6 Å². The average Bonchev–Trinajstić information content (AvgIpc) is 2.91. The van der Waals surface area contributed by atoms with Crippen LogP contribution in [0.2, 0.25) is 0 Å². The molecule has 1 heterocycles. The van der Waals surface area contributed by atoms with Gasteiger partial charge in [0.05, 0.1) is 5.41 Å². The first kappa shape index (κ1) is 14.5. The van der Waals surface area contributed by atoms with Crippen LogP contribution >= 0.6 is 11.8 Å². The highest BCUT2D eigenvalue weighted by Gasteiger charge is 2.55. The van der Waals surface area contributed by atoms with Gasteiger partial charge in [0.15, 0.2) is 0 Å². The van der Waals surface area contributed by atoms with Crippen molar-refractivity contribution in [3.05, 3.63) is 0 Å². The van der Waals surface area contributed by atoms with Gasteiger partial charge in [0, 0.05) is 19.6 Å². The fourth-order valence-corrected chi connectivity index (χ4v) is 3.75. The summed E-state index contributed by atoms with van der Waals surface area (Å²) in [6, 6.07) is -0.101. The van der Waals surface area contributed by atoms with Gasteiger partial charge in [-0.15, -0.1) is 0 Å². The van der Waals surface area contributed by atoms with Gasteiger partial charge in [-0.05, 0) is 37.2 Å². The molecule has 0 aromatic heterocycles. The van der Waals surface area contributed by atoms with Crippen molar-refractivity contribution < 1.29 is 14.7 Å². The Morgan fingerprint density at radius 3 is 2.95 bits per heavy atom. The van der Waals surface area contributed by atoms with Crippen LogP contribution in [0.1, 0.15) is 25.7 Å². The predicted molar refractivity (Wildman–Crippen MR) is 75.4 cm³/mol. The zero-order valence-corrected chi connectivity index (χ0v) is 12.2. The van der Waals surface area contributed by atoms with Crippen LogP contribution in [0.15, 0.2) is 0 Å². The first-order valence-corrected chi connectivity index (χ1v) is 8.24. The molecular weight excluding hydrogens is 264 g/mol. The van der Waals surface area contributed by atoms with E-state index in [1.807, 2.05) is 6.26 Å². The van der Waals surface area contributed by atoms with E-state index < -0.39 is 11.4 Å². The Morgan fingerprint density at radius 1 is 1.53 bits per heavy atom. The third kappa shape index (κ3) is 2.83. The number of carbonyl (C=O) groups is 2. The molecule has 2 rings (SSSR count). The van der Waals surface area contributed by atoms with Gasteiger partial charge in [-0.2, -0.15) is 11.8 Å². The summed E-state index contributed by atoms with van der Waals surface area (Å²) in [5.41, 5.74) is -0.670. The van der Waals surface area contributed by atoms with Crippen LogP contribution in [0.25, 0.3) is 0 Å². The quantitative estimate of drug-likeness (QED) is 0.754. The first-order valence-electron chi connectivity index (χ1n) is 6.85. The Labute approximate surface area is 118 Å². The number of hydrogen-bond donors (Lipinski definition) is 2. The lowest BCUT2D eigenvalue weighted by Gasteiger charge is -2.23. The number of thioether (sulfide) groups is 1. The summed E-state index contributed by atoms with van der Waals surface area (Å²) in [4.78, 5) is 25.2. The fourth-order valence-electron chi connectivity index (χ4n) is 3.32. The third-order valence-corrected chi connectivity index (χ3v) is 5.08. The number of carbonyl (C=O) groups excluding carboxylic acids is 1. The lowest BCUT2D eigenvalue weighted by molar-refractivity contribution is -0.149. The van der Waals surface area contributed by atoms with E-state index in [4.69, 9.17) is 0 Å². The van der Waals surface area contributed by atoms with Crippen molar-refractivity contribution in [3.8, 4) is 0 Å². The van der Waals surface area contributed by atoms with Crippen LogP contribution in [0.4, 0.5) is 4.79 Å². The smallest absolute Gasteiger partial charge is 0.317 e. The van der Waals surface area contributed by atoms with Gasteiger partial charge in [0.2, 0.25) is 0 Å². The molecule has 2 atom stereocenters. The number of rotatable bonds is 5. The highest BCUT2D eigenvalue weighted by atomic mass is 32.2. The molecule has 2 amide bonds. The molecule has 2 aliphatic rings. The highest BCUT2D eigenvalue weighted by Crippen LogP contribution is 2.48. The van der Waals surface area contributed by atoms with Crippen molar-refractivity contribution in [1.82, 2.24) is 10.2 Å². The Bertz CT molecular complexity index is 364. The zero-order valence-electron chi connectivity index (χ0n) is 11.4. The van der Waals surface area contributed by atoms with E-state index in [0.29, 0.717) is 26.1 Å². The van der Waals surface area contributed by atoms with E-state index in [-0.39, 0.29) is 11.9 Å². The number of likely N-dealkylation sites (tertiary alicyclic amines) is 1. The summed E-state index contributed by atoms with van der Waals surface area (Å²) in [5.74, 6) is 0.441. The molecule has 0 aromatic carbocycles. The van der Waals surface area contributed by atoms with Crippen LogP contribution in [0.5, 0.6) is 0 Å². The van der Waals surface area contributed by atoms with E-state index in [9.17, 15) is 14.7 Å². The Morgan fingerprint density at radius 2 is 2.32 bits per heavy atom. The molecule has 19 heavy (non-hydrogen) atoms. The van der Waals surface area contributed by atoms with E-state index in [0.717, 1.165) is 25.0 Å². The van der Waals surface area contributed by atoms with Crippen LogP contribution in [0, 0.1) is 11.3 Å². The number of urea groups is 1. The molecule has 0 bridgehead atoms. The van der Waals surface area contributed by atoms with Gasteiger partial charge in [-0.25, -0.2) is 4.79 Å². The van der Waals surface area contributed by atoms with Crippen molar-refractivity contribution in [2.24, 2.45) is 11.3 Å². The normalized spacial score (nSPS) is 29.3. The summed E-state index contributed by atoms with van der Waals surface area (Å²) < 4.78 is 0. The molecule has 1 saturated heterocycles. The number of aliphatic carboxylic acids is 1. The van der Waals surface area contributed by atoms with Gasteiger partial charge in [0.25, 0.3) is 0 Å². The number of carboxylic acids is 1. The molecule has 6 heteroatoms. The second-order valence-corrected chi connectivity index (χ2v) is 6.49. The van der Waals surface area contributed by atoms with Gasteiger partial charge in [-0.1, -0.05) is 6.42 Å². The minimum atomic E-state index is -0.729. The molecule has 1 saturated carbocycles. The van der Waals surface area contributed by atoms with E-state index >= 15 is 0 Å². The first-order chi connectivity index (χ1) is 9.10. The number of fused-ring (bicyclic) bond motifs is 1. The maximum Gasteiger partial charge on any atom is 0.317 e. The summed E-state index contributed by atoms with van der Waals surface area (Å²) in [7, 11) is 0. The fraction of sp³-hybridized carbons (Fsp3) is 0.846. The molecule has 0 aromatic rings. The van der Waals surface area contributed by atoms with E-state index in [1.54, 1.807) is 16.7 Å². The van der Waals surface area contributed by atoms with Gasteiger partial charge in [-0.3, -0.25) is 4.79 Å². The topological polar surface area (TPSA) is 69.6 Å². The molecule has 108 valence electrons. The molecule has 1 aliphatic carbocycles. The summed E-state index contributed by atoms with van der Waals surface area (Å²) in [6.45, 7) is 1.64. The second kappa shape index (κ2) is 6.03. The molecule has 0 spiro atoms. The van der Waals surface area contributed by atoms with E-state index in [2.05, 4.69) is 5.32 Å². The number of hydrogen-bond acceptors (Lipinski definition) is 3. The minimum Gasteiger partial charge on any atom is -0.481 e. The number of amides is 2. The van der Waals surface area contributed by atoms with Crippen molar-refractivity contribution >= 4 is 23.8 Å². The standard InChI is InChI=1S/C13H22N2O3S/c1-19-7-3-6-14-12(18)15-8-10-4-2-5-13(10,9-15)11(16)17/h10H,2-9H2,1H3,(H,14,18)(H,16,17)/t10-,13+/m0/s1. The summed E-state index contributed by atoms with van der Waals surface area (Å²) in [5, 5.41) is 12.3. The molecule has 1 aliphatic heterocycles. The molecule has 2 fully saturated rings. The summed E-state index contributed by atoms with van der Waals surface area (Å²) in [6.07, 6.45) is 5.61. The lowest BCUT2D eigenvalue weighted by Crippen LogP contribution is -2.42. The molecule has 5 nitrogen and oxygen atoms in total. The van der Waals surface area contributed by atoms with Crippen LogP contribution in [0.3, 0.4) is 0 Å². The third-order valence-electron chi connectivity index (χ3n) is 4.39. The predicted octanol–water partition coefficient (Wildman–Crippen LogP) is 1.64. The minimum absolute atomic E-state index is 0.101. The highest BCUT2D eigenvalue weighted by molar-refractivity contribution is 7.98. The second-order valence-electron chi connectivity index (χ2n) is 5.51. The molecule has 0 unspecified atom stereocenters.